The molecule has 5 nitrogen and oxygen atoms in total. The molecule has 172 valence electrons. The molecular weight excluding hydrogens is 380 g/mol. The lowest BCUT2D eigenvalue weighted by Crippen LogP contribution is -2.11. The van der Waals surface area contributed by atoms with Gasteiger partial charge in [0.25, 0.3) is 0 Å². The van der Waals surface area contributed by atoms with E-state index in [2.05, 4.69) is 20.8 Å². The first-order chi connectivity index (χ1) is 14.5. The SMILES string of the molecule is CCCCCCOc1c(CCCCCC)c(CCCCCC)c(O)c(O)c1C(=O)O. The maximum Gasteiger partial charge on any atom is 0.343 e. The smallest absolute Gasteiger partial charge is 0.343 e. The van der Waals surface area contributed by atoms with Crippen LogP contribution in [0.5, 0.6) is 17.2 Å². The van der Waals surface area contributed by atoms with Crippen LogP contribution in [0.15, 0.2) is 0 Å². The molecule has 0 aliphatic carbocycles. The zero-order chi connectivity index (χ0) is 22.4. The zero-order valence-corrected chi connectivity index (χ0v) is 19.3. The van der Waals surface area contributed by atoms with Crippen LogP contribution in [0.2, 0.25) is 0 Å². The minimum absolute atomic E-state index is 0.260. The number of unbranched alkanes of at least 4 members (excludes halogenated alkanes) is 9. The molecule has 0 unspecified atom stereocenters. The van der Waals surface area contributed by atoms with Gasteiger partial charge in [-0.2, -0.15) is 0 Å². The van der Waals surface area contributed by atoms with Crippen LogP contribution in [-0.4, -0.2) is 27.9 Å². The fraction of sp³-hybridized carbons (Fsp3) is 0.720. The Morgan fingerprint density at radius 1 is 0.700 bits per heavy atom. The Kier molecular flexibility index (Phi) is 13.0. The minimum Gasteiger partial charge on any atom is -0.504 e. The Bertz CT molecular complexity index is 639. The van der Waals surface area contributed by atoms with E-state index in [1.54, 1.807) is 0 Å². The lowest BCUT2D eigenvalue weighted by Gasteiger charge is -2.21. The number of benzene rings is 1. The van der Waals surface area contributed by atoms with Gasteiger partial charge in [-0.15, -0.1) is 0 Å². The van der Waals surface area contributed by atoms with Crippen molar-refractivity contribution in [3.05, 3.63) is 16.7 Å². The van der Waals surface area contributed by atoms with Crippen LogP contribution in [0.25, 0.3) is 0 Å². The molecule has 0 bridgehead atoms. The van der Waals surface area contributed by atoms with Crippen LogP contribution < -0.4 is 4.74 Å². The van der Waals surface area contributed by atoms with Gasteiger partial charge in [-0.25, -0.2) is 4.79 Å². The molecule has 3 N–H and O–H groups in total. The molecule has 0 amide bonds. The summed E-state index contributed by atoms with van der Waals surface area (Å²) < 4.78 is 5.99. The number of ether oxygens (including phenoxy) is 1. The highest BCUT2D eigenvalue weighted by molar-refractivity contribution is 5.96. The number of rotatable bonds is 17. The summed E-state index contributed by atoms with van der Waals surface area (Å²) in [5, 5.41) is 30.9. The van der Waals surface area contributed by atoms with Gasteiger partial charge >= 0.3 is 5.97 Å². The van der Waals surface area contributed by atoms with E-state index in [1.807, 2.05) is 0 Å². The summed E-state index contributed by atoms with van der Waals surface area (Å²) in [4.78, 5) is 11.9. The summed E-state index contributed by atoms with van der Waals surface area (Å²) in [6.07, 6.45) is 13.7. The maximum absolute atomic E-state index is 11.9. The van der Waals surface area contributed by atoms with Gasteiger partial charge in [0.2, 0.25) is 0 Å². The Morgan fingerprint density at radius 3 is 1.70 bits per heavy atom. The van der Waals surface area contributed by atoms with Crippen molar-refractivity contribution in [3.63, 3.8) is 0 Å². The molecule has 0 aromatic heterocycles. The van der Waals surface area contributed by atoms with Crippen LogP contribution in [0.3, 0.4) is 0 Å². The summed E-state index contributed by atoms with van der Waals surface area (Å²) in [7, 11) is 0. The number of aromatic carboxylic acids is 1. The average Bonchev–Trinajstić information content (AvgIpc) is 2.72. The molecule has 0 spiro atoms. The molecule has 0 radical (unpaired) electrons. The number of phenols is 2. The fourth-order valence-electron chi connectivity index (χ4n) is 3.85. The molecule has 0 aliphatic rings. The van der Waals surface area contributed by atoms with Crippen molar-refractivity contribution in [1.82, 2.24) is 0 Å². The van der Waals surface area contributed by atoms with Gasteiger partial charge in [0.1, 0.15) is 11.3 Å². The minimum atomic E-state index is -1.27. The average molecular weight is 423 g/mol. The van der Waals surface area contributed by atoms with Crippen LogP contribution in [0, 0.1) is 0 Å². The van der Waals surface area contributed by atoms with Crippen LogP contribution in [0.1, 0.15) is 119 Å². The fourth-order valence-corrected chi connectivity index (χ4v) is 3.85. The third-order valence-corrected chi connectivity index (χ3v) is 5.63. The van der Waals surface area contributed by atoms with E-state index in [-0.39, 0.29) is 17.1 Å². The van der Waals surface area contributed by atoms with Crippen molar-refractivity contribution in [1.29, 1.82) is 0 Å². The third-order valence-electron chi connectivity index (χ3n) is 5.63. The first kappa shape index (κ1) is 26.1. The number of carboxylic acids is 1. The monoisotopic (exact) mass is 422 g/mol. The second kappa shape index (κ2) is 15.0. The molecule has 1 aromatic carbocycles. The van der Waals surface area contributed by atoms with E-state index in [4.69, 9.17) is 4.74 Å². The number of hydrogen-bond acceptors (Lipinski definition) is 4. The van der Waals surface area contributed by atoms with Crippen molar-refractivity contribution >= 4 is 5.97 Å². The molecule has 0 saturated heterocycles. The number of hydrogen-bond donors (Lipinski definition) is 3. The van der Waals surface area contributed by atoms with Gasteiger partial charge in [0.15, 0.2) is 11.5 Å². The normalized spacial score (nSPS) is 11.0. The molecule has 1 rings (SSSR count). The van der Waals surface area contributed by atoms with Crippen molar-refractivity contribution in [2.45, 2.75) is 111 Å². The maximum atomic E-state index is 11.9. The zero-order valence-electron chi connectivity index (χ0n) is 19.3. The second-order valence-electron chi connectivity index (χ2n) is 8.19. The number of carboxylic acid groups (broad SMARTS) is 1. The van der Waals surface area contributed by atoms with Crippen LogP contribution >= 0.6 is 0 Å². The second-order valence-corrected chi connectivity index (χ2v) is 8.19. The molecule has 0 fully saturated rings. The molecule has 0 atom stereocenters. The highest BCUT2D eigenvalue weighted by atomic mass is 16.5. The summed E-state index contributed by atoms with van der Waals surface area (Å²) in [6, 6.07) is 0. The van der Waals surface area contributed by atoms with Crippen LogP contribution in [-0.2, 0) is 12.8 Å². The highest BCUT2D eigenvalue weighted by Gasteiger charge is 2.28. The molecule has 5 heteroatoms. The molecule has 0 heterocycles. The molecule has 30 heavy (non-hydrogen) atoms. The topological polar surface area (TPSA) is 87.0 Å². The standard InChI is InChI=1S/C25H42O5/c1-4-7-10-13-16-19-20(17-14-11-8-5-2)24(30-18-15-12-9-6-3)21(25(28)29)23(27)22(19)26/h26-27H,4-18H2,1-3H3,(H,28,29). The van der Waals surface area contributed by atoms with E-state index in [1.165, 1.54) is 0 Å². The Labute approximate surface area is 182 Å². The van der Waals surface area contributed by atoms with Crippen molar-refractivity contribution in [2.24, 2.45) is 0 Å². The summed E-state index contributed by atoms with van der Waals surface area (Å²) >= 11 is 0. The third kappa shape index (κ3) is 8.08. The van der Waals surface area contributed by atoms with Crippen molar-refractivity contribution < 1.29 is 24.9 Å². The van der Waals surface area contributed by atoms with Gasteiger partial charge in [-0.05, 0) is 32.1 Å². The van der Waals surface area contributed by atoms with Crippen molar-refractivity contribution in [2.75, 3.05) is 6.61 Å². The summed E-state index contributed by atoms with van der Waals surface area (Å²) in [6.45, 7) is 6.86. The molecule has 0 saturated carbocycles. The van der Waals surface area contributed by atoms with Crippen LogP contribution in [0.4, 0.5) is 0 Å². The first-order valence-electron chi connectivity index (χ1n) is 11.9. The summed E-state index contributed by atoms with van der Waals surface area (Å²) in [5.41, 5.74) is 1.13. The lowest BCUT2D eigenvalue weighted by molar-refractivity contribution is 0.0687. The van der Waals surface area contributed by atoms with E-state index >= 15 is 0 Å². The van der Waals surface area contributed by atoms with E-state index < -0.39 is 11.7 Å². The summed E-state index contributed by atoms with van der Waals surface area (Å²) in [5.74, 6) is -1.85. The van der Waals surface area contributed by atoms with Crippen molar-refractivity contribution in [3.8, 4) is 17.2 Å². The Balaban J connectivity index is 3.25. The molecule has 0 aliphatic heterocycles. The van der Waals surface area contributed by atoms with E-state index in [0.717, 1.165) is 82.6 Å². The molecular formula is C25H42O5. The number of carbonyl (C=O) groups is 1. The largest absolute Gasteiger partial charge is 0.504 e. The Morgan fingerprint density at radius 2 is 1.20 bits per heavy atom. The van der Waals surface area contributed by atoms with Gasteiger partial charge in [-0.3, -0.25) is 0 Å². The first-order valence-corrected chi connectivity index (χ1v) is 11.9. The van der Waals surface area contributed by atoms with Gasteiger partial charge in [0, 0.05) is 11.1 Å². The van der Waals surface area contributed by atoms with Gasteiger partial charge < -0.3 is 20.1 Å². The van der Waals surface area contributed by atoms with Gasteiger partial charge in [0.05, 0.1) is 6.61 Å². The van der Waals surface area contributed by atoms with E-state index in [9.17, 15) is 20.1 Å². The lowest BCUT2D eigenvalue weighted by atomic mass is 9.91. The van der Waals surface area contributed by atoms with E-state index in [0.29, 0.717) is 25.0 Å². The molecule has 1 aromatic rings. The number of phenolic OH excluding ortho intramolecular Hbond substituents is 1. The van der Waals surface area contributed by atoms with Gasteiger partial charge in [-0.1, -0.05) is 78.6 Å². The quantitative estimate of drug-likeness (QED) is 0.186. The Hall–Kier alpha value is -1.91. The predicted octanol–water partition coefficient (Wildman–Crippen LogP) is 7.00. The predicted molar refractivity (Wildman–Crippen MR) is 122 cm³/mol. The number of aromatic hydroxyl groups is 2. The highest BCUT2D eigenvalue weighted by Crippen LogP contribution is 2.44.